The number of amides is 2. The average molecular weight is 424 g/mol. The molecule has 2 aromatic rings. The molecular formula is C23H24N2O6. The molecule has 2 N–H and O–H groups in total. The predicted molar refractivity (Wildman–Crippen MR) is 115 cm³/mol. The van der Waals surface area contributed by atoms with E-state index in [9.17, 15) is 9.59 Å². The summed E-state index contributed by atoms with van der Waals surface area (Å²) in [6, 6.07) is 15.0. The Hall–Kier alpha value is -3.94. The first-order chi connectivity index (χ1) is 14.9. The highest BCUT2D eigenvalue weighted by Crippen LogP contribution is 2.32. The highest BCUT2D eigenvalue weighted by atomic mass is 16.7. The standard InChI is InChI=1S/C23H24N2O6/c1-4-28-15-30-21(26)24-18-9-5-16(6-10-18)23(2,3)17-7-11-19(12-8-17)25-22(27)31-20-13-14-29-20/h4-14,20H,1,15H2,2-3H3,(H,24,26)(H,25,27). The molecule has 0 aromatic heterocycles. The van der Waals surface area contributed by atoms with Crippen LogP contribution in [0.15, 0.2) is 73.7 Å². The van der Waals surface area contributed by atoms with Crippen LogP contribution in [0.25, 0.3) is 0 Å². The maximum Gasteiger partial charge on any atom is 0.414 e. The molecule has 3 rings (SSSR count). The Labute approximate surface area is 180 Å². The number of carbonyl (C=O) groups excluding carboxylic acids is 2. The highest BCUT2D eigenvalue weighted by molar-refractivity contribution is 5.85. The molecule has 0 saturated heterocycles. The smallest absolute Gasteiger partial charge is 0.414 e. The van der Waals surface area contributed by atoms with Gasteiger partial charge in [-0.1, -0.05) is 44.7 Å². The van der Waals surface area contributed by atoms with E-state index in [1.165, 1.54) is 12.5 Å². The van der Waals surface area contributed by atoms with Gasteiger partial charge in [0.15, 0.2) is 0 Å². The lowest BCUT2D eigenvalue weighted by Gasteiger charge is -2.26. The molecule has 1 unspecified atom stereocenters. The minimum atomic E-state index is -0.627. The third kappa shape index (κ3) is 5.79. The first kappa shape index (κ1) is 21.8. The van der Waals surface area contributed by atoms with Gasteiger partial charge in [0, 0.05) is 22.9 Å². The zero-order chi connectivity index (χ0) is 22.3. The highest BCUT2D eigenvalue weighted by Gasteiger charge is 2.23. The molecule has 1 aliphatic heterocycles. The number of hydrogen-bond acceptors (Lipinski definition) is 6. The van der Waals surface area contributed by atoms with Gasteiger partial charge in [0.05, 0.1) is 12.5 Å². The van der Waals surface area contributed by atoms with Crippen LogP contribution in [-0.2, 0) is 24.4 Å². The summed E-state index contributed by atoms with van der Waals surface area (Å²) in [5.74, 6) is 0. The van der Waals surface area contributed by atoms with Crippen LogP contribution in [-0.4, -0.2) is 25.3 Å². The molecule has 8 nitrogen and oxygen atoms in total. The van der Waals surface area contributed by atoms with Crippen molar-refractivity contribution in [1.29, 1.82) is 0 Å². The van der Waals surface area contributed by atoms with Crippen molar-refractivity contribution in [3.63, 3.8) is 0 Å². The molecule has 0 bridgehead atoms. The lowest BCUT2D eigenvalue weighted by atomic mass is 9.78. The van der Waals surface area contributed by atoms with Gasteiger partial charge in [-0.15, -0.1) is 0 Å². The van der Waals surface area contributed by atoms with Gasteiger partial charge < -0.3 is 18.9 Å². The van der Waals surface area contributed by atoms with E-state index in [0.29, 0.717) is 11.4 Å². The van der Waals surface area contributed by atoms with Gasteiger partial charge in [0.25, 0.3) is 6.29 Å². The molecule has 2 amide bonds. The quantitative estimate of drug-likeness (QED) is 0.348. The van der Waals surface area contributed by atoms with Gasteiger partial charge >= 0.3 is 12.2 Å². The third-order valence-electron chi connectivity index (χ3n) is 4.75. The fraction of sp³-hybridized carbons (Fsp3) is 0.217. The fourth-order valence-corrected chi connectivity index (χ4v) is 2.86. The van der Waals surface area contributed by atoms with Gasteiger partial charge in [0.1, 0.15) is 0 Å². The minimum Gasteiger partial charge on any atom is -0.466 e. The molecule has 0 radical (unpaired) electrons. The SMILES string of the molecule is C=COCOC(=O)Nc1ccc(C(C)(C)c2ccc(NC(=O)OC3C=CO3)cc2)cc1. The second kappa shape index (κ2) is 9.71. The number of hydrogen-bond donors (Lipinski definition) is 2. The Bertz CT molecular complexity index is 951. The van der Waals surface area contributed by atoms with Crippen molar-refractivity contribution in [3.8, 4) is 0 Å². The first-order valence-corrected chi connectivity index (χ1v) is 9.55. The van der Waals surface area contributed by atoms with E-state index in [0.717, 1.165) is 11.1 Å². The van der Waals surface area contributed by atoms with E-state index in [-0.39, 0.29) is 12.2 Å². The van der Waals surface area contributed by atoms with Crippen molar-refractivity contribution in [1.82, 2.24) is 0 Å². The van der Waals surface area contributed by atoms with Crippen LogP contribution in [0.1, 0.15) is 25.0 Å². The van der Waals surface area contributed by atoms with E-state index in [1.807, 2.05) is 36.4 Å². The molecule has 0 aliphatic carbocycles. The Kier molecular flexibility index (Phi) is 6.81. The minimum absolute atomic E-state index is 0.200. The van der Waals surface area contributed by atoms with E-state index < -0.39 is 18.5 Å². The van der Waals surface area contributed by atoms with Crippen molar-refractivity contribution in [2.24, 2.45) is 0 Å². The summed E-state index contributed by atoms with van der Waals surface area (Å²) in [7, 11) is 0. The van der Waals surface area contributed by atoms with Crippen LogP contribution in [0, 0.1) is 0 Å². The summed E-state index contributed by atoms with van der Waals surface area (Å²) >= 11 is 0. The number of ether oxygens (including phenoxy) is 4. The number of rotatable bonds is 8. The van der Waals surface area contributed by atoms with Gasteiger partial charge in [-0.25, -0.2) is 9.59 Å². The molecule has 1 heterocycles. The van der Waals surface area contributed by atoms with E-state index >= 15 is 0 Å². The predicted octanol–water partition coefficient (Wildman–Crippen LogP) is 5.10. The molecule has 162 valence electrons. The molecule has 1 aliphatic rings. The zero-order valence-electron chi connectivity index (χ0n) is 17.3. The van der Waals surface area contributed by atoms with Crippen LogP contribution in [0.5, 0.6) is 0 Å². The van der Waals surface area contributed by atoms with E-state index in [2.05, 4.69) is 31.1 Å². The van der Waals surface area contributed by atoms with Crippen LogP contribution >= 0.6 is 0 Å². The maximum absolute atomic E-state index is 11.8. The van der Waals surface area contributed by atoms with Crippen LogP contribution in [0.2, 0.25) is 0 Å². The largest absolute Gasteiger partial charge is 0.466 e. The molecule has 0 fully saturated rings. The number of benzene rings is 2. The summed E-state index contributed by atoms with van der Waals surface area (Å²) in [6.45, 7) is 7.35. The van der Waals surface area contributed by atoms with E-state index in [4.69, 9.17) is 18.9 Å². The number of anilines is 2. The van der Waals surface area contributed by atoms with Crippen LogP contribution < -0.4 is 10.6 Å². The lowest BCUT2D eigenvalue weighted by Crippen LogP contribution is -2.25. The molecule has 0 spiro atoms. The monoisotopic (exact) mass is 424 g/mol. The van der Waals surface area contributed by atoms with Crippen molar-refractivity contribution in [2.75, 3.05) is 17.4 Å². The molecule has 8 heteroatoms. The molecule has 0 saturated carbocycles. The van der Waals surface area contributed by atoms with Crippen molar-refractivity contribution >= 4 is 23.6 Å². The second-order valence-electron chi connectivity index (χ2n) is 7.15. The third-order valence-corrected chi connectivity index (χ3v) is 4.75. The molecule has 2 aromatic carbocycles. The van der Waals surface area contributed by atoms with Gasteiger partial charge in [0.2, 0.25) is 6.79 Å². The second-order valence-corrected chi connectivity index (χ2v) is 7.15. The molecule has 1 atom stereocenters. The number of nitrogens with one attached hydrogen (secondary N) is 2. The maximum atomic E-state index is 11.8. The fourth-order valence-electron chi connectivity index (χ4n) is 2.86. The first-order valence-electron chi connectivity index (χ1n) is 9.55. The topological polar surface area (TPSA) is 95.1 Å². The zero-order valence-corrected chi connectivity index (χ0v) is 17.3. The summed E-state index contributed by atoms with van der Waals surface area (Å²) in [5.41, 5.74) is 3.02. The summed E-state index contributed by atoms with van der Waals surface area (Å²) < 4.78 is 19.5. The Balaban J connectivity index is 1.59. The Morgan fingerprint density at radius 1 is 1.00 bits per heavy atom. The van der Waals surface area contributed by atoms with Gasteiger partial charge in [-0.05, 0) is 35.4 Å². The van der Waals surface area contributed by atoms with Crippen molar-refractivity contribution < 1.29 is 28.5 Å². The molecule has 31 heavy (non-hydrogen) atoms. The van der Waals surface area contributed by atoms with Crippen molar-refractivity contribution in [3.05, 3.63) is 84.8 Å². The average Bonchev–Trinajstić information content (AvgIpc) is 2.72. The number of carbonyl (C=O) groups is 2. The summed E-state index contributed by atoms with van der Waals surface area (Å²) in [6.07, 6.45) is 2.46. The summed E-state index contributed by atoms with van der Waals surface area (Å²) in [4.78, 5) is 23.5. The normalized spacial score (nSPS) is 14.5. The van der Waals surface area contributed by atoms with Gasteiger partial charge in [-0.2, -0.15) is 0 Å². The Morgan fingerprint density at radius 3 is 1.97 bits per heavy atom. The van der Waals surface area contributed by atoms with Crippen LogP contribution in [0.3, 0.4) is 0 Å². The van der Waals surface area contributed by atoms with Crippen LogP contribution in [0.4, 0.5) is 21.0 Å². The van der Waals surface area contributed by atoms with Gasteiger partial charge in [-0.3, -0.25) is 10.6 Å². The van der Waals surface area contributed by atoms with E-state index in [1.54, 1.807) is 18.2 Å². The van der Waals surface area contributed by atoms with Crippen molar-refractivity contribution in [2.45, 2.75) is 25.6 Å². The lowest BCUT2D eigenvalue weighted by molar-refractivity contribution is -0.0509. The summed E-state index contributed by atoms with van der Waals surface area (Å²) in [5, 5.41) is 5.29. The molecular weight excluding hydrogens is 400 g/mol. The Morgan fingerprint density at radius 2 is 1.52 bits per heavy atom.